The van der Waals surface area contributed by atoms with E-state index in [9.17, 15) is 0 Å². The van der Waals surface area contributed by atoms with Gasteiger partial charge in [-0.05, 0) is 53.9 Å². The van der Waals surface area contributed by atoms with Gasteiger partial charge in [0.05, 0.1) is 16.3 Å². The third-order valence-corrected chi connectivity index (χ3v) is 4.65. The maximum atomic E-state index is 6.30. The molecule has 1 N–H and O–H groups in total. The Morgan fingerprint density at radius 1 is 1.20 bits per heavy atom. The molecule has 0 amide bonds. The lowest BCUT2D eigenvalue weighted by Crippen LogP contribution is -2.18. The molecule has 1 unspecified atom stereocenters. The average molecular weight is 323 g/mol. The number of hydrogen-bond acceptors (Lipinski definition) is 3. The van der Waals surface area contributed by atoms with Crippen LogP contribution in [0.2, 0.25) is 10.0 Å². The lowest BCUT2D eigenvalue weighted by atomic mass is 10.00. The Balaban J connectivity index is 2.10. The first kappa shape index (κ1) is 13.8. The van der Waals surface area contributed by atoms with E-state index in [4.69, 9.17) is 23.2 Å². The van der Waals surface area contributed by atoms with Crippen LogP contribution in [0, 0.1) is 0 Å². The molecule has 1 aromatic carbocycles. The van der Waals surface area contributed by atoms with E-state index in [0.29, 0.717) is 10.0 Å². The molecule has 0 aliphatic rings. The van der Waals surface area contributed by atoms with Gasteiger partial charge in [0, 0.05) is 16.2 Å². The van der Waals surface area contributed by atoms with Gasteiger partial charge in [0.25, 0.3) is 0 Å². The predicted molar refractivity (Wildman–Crippen MR) is 87.0 cm³/mol. The van der Waals surface area contributed by atoms with E-state index in [-0.39, 0.29) is 6.04 Å². The van der Waals surface area contributed by atoms with E-state index in [1.54, 1.807) is 17.4 Å². The highest BCUT2D eigenvalue weighted by Gasteiger charge is 2.16. The molecule has 0 radical (unpaired) electrons. The van der Waals surface area contributed by atoms with Gasteiger partial charge in [0.1, 0.15) is 0 Å². The van der Waals surface area contributed by atoms with Crippen molar-refractivity contribution >= 4 is 44.8 Å². The molecule has 20 heavy (non-hydrogen) atoms. The summed E-state index contributed by atoms with van der Waals surface area (Å²) in [4.78, 5) is 4.48. The molecule has 2 heterocycles. The van der Waals surface area contributed by atoms with Gasteiger partial charge in [-0.3, -0.25) is 4.98 Å². The summed E-state index contributed by atoms with van der Waals surface area (Å²) in [5.41, 5.74) is 3.05. The number of nitrogens with zero attached hydrogens (tertiary/aromatic N) is 1. The smallest absolute Gasteiger partial charge is 0.0809 e. The molecule has 2 nitrogen and oxygen atoms in total. The second-order valence-electron chi connectivity index (χ2n) is 4.46. The zero-order valence-corrected chi connectivity index (χ0v) is 13.1. The van der Waals surface area contributed by atoms with Crippen molar-refractivity contribution in [3.63, 3.8) is 0 Å². The molecule has 1 atom stereocenters. The van der Waals surface area contributed by atoms with Crippen molar-refractivity contribution in [2.24, 2.45) is 0 Å². The molecule has 0 fully saturated rings. The van der Waals surface area contributed by atoms with Gasteiger partial charge >= 0.3 is 0 Å². The normalized spacial score (nSPS) is 12.8. The minimum Gasteiger partial charge on any atom is -0.309 e. The molecular weight excluding hydrogens is 311 g/mol. The average Bonchev–Trinajstić information content (AvgIpc) is 2.91. The van der Waals surface area contributed by atoms with Crippen molar-refractivity contribution in [3.05, 3.63) is 63.1 Å². The third-order valence-electron chi connectivity index (χ3n) is 3.21. The van der Waals surface area contributed by atoms with Crippen LogP contribution in [0.1, 0.15) is 17.2 Å². The molecule has 0 saturated heterocycles. The second-order valence-corrected chi connectivity index (χ2v) is 6.25. The number of halogens is 2. The zero-order chi connectivity index (χ0) is 14.1. The summed E-state index contributed by atoms with van der Waals surface area (Å²) < 4.78 is 1.17. The van der Waals surface area contributed by atoms with E-state index >= 15 is 0 Å². The molecule has 0 saturated carbocycles. The van der Waals surface area contributed by atoms with Crippen LogP contribution in [0.3, 0.4) is 0 Å². The lowest BCUT2D eigenvalue weighted by molar-refractivity contribution is 0.690. The molecule has 0 aliphatic carbocycles. The predicted octanol–water partition coefficient (Wildman–Crippen LogP) is 4.91. The molecular formula is C15H12Cl2N2S. The number of thiophene rings is 1. The highest BCUT2D eigenvalue weighted by atomic mass is 35.5. The number of nitrogens with one attached hydrogen (secondary N) is 1. The Morgan fingerprint density at radius 2 is 2.05 bits per heavy atom. The van der Waals surface area contributed by atoms with Gasteiger partial charge in [-0.25, -0.2) is 0 Å². The molecule has 5 heteroatoms. The van der Waals surface area contributed by atoms with Crippen molar-refractivity contribution in [3.8, 4) is 0 Å². The van der Waals surface area contributed by atoms with Crippen molar-refractivity contribution in [1.82, 2.24) is 10.3 Å². The summed E-state index contributed by atoms with van der Waals surface area (Å²) in [6, 6.07) is 9.64. The molecule has 102 valence electrons. The van der Waals surface area contributed by atoms with E-state index < -0.39 is 0 Å². The Labute approximate surface area is 131 Å². The Bertz CT molecular complexity index is 754. The highest BCUT2D eigenvalue weighted by Crippen LogP contribution is 2.32. The lowest BCUT2D eigenvalue weighted by Gasteiger charge is -2.18. The highest BCUT2D eigenvalue weighted by molar-refractivity contribution is 7.17. The van der Waals surface area contributed by atoms with Crippen LogP contribution in [0.5, 0.6) is 0 Å². The summed E-state index contributed by atoms with van der Waals surface area (Å²) in [5.74, 6) is 0. The van der Waals surface area contributed by atoms with Gasteiger partial charge in [-0.15, -0.1) is 11.3 Å². The van der Waals surface area contributed by atoms with E-state index in [2.05, 4.69) is 16.4 Å². The quantitative estimate of drug-likeness (QED) is 0.740. The summed E-state index contributed by atoms with van der Waals surface area (Å²) in [5, 5.41) is 6.70. The maximum Gasteiger partial charge on any atom is 0.0809 e. The van der Waals surface area contributed by atoms with Crippen LogP contribution in [0.4, 0.5) is 0 Å². The van der Waals surface area contributed by atoms with Crippen LogP contribution in [0.15, 0.2) is 41.9 Å². The molecule has 0 bridgehead atoms. The summed E-state index contributed by atoms with van der Waals surface area (Å²) in [6.45, 7) is 0. The topological polar surface area (TPSA) is 24.9 Å². The van der Waals surface area contributed by atoms with Crippen molar-refractivity contribution in [1.29, 1.82) is 0 Å². The first-order chi connectivity index (χ1) is 9.69. The van der Waals surface area contributed by atoms with Crippen LogP contribution in [0.25, 0.3) is 10.2 Å². The Kier molecular flexibility index (Phi) is 3.94. The number of pyridine rings is 1. The first-order valence-electron chi connectivity index (χ1n) is 6.14. The molecule has 3 aromatic rings. The fourth-order valence-electron chi connectivity index (χ4n) is 2.26. The molecule has 3 rings (SSSR count). The molecule has 2 aromatic heterocycles. The molecule has 0 aliphatic heterocycles. The SMILES string of the molecule is CNC(c1cnc2ccsc2c1)c1cc(Cl)ccc1Cl. The van der Waals surface area contributed by atoms with Crippen molar-refractivity contribution < 1.29 is 0 Å². The van der Waals surface area contributed by atoms with Gasteiger partial charge in [-0.1, -0.05) is 23.2 Å². The number of benzene rings is 1. The third kappa shape index (κ3) is 2.54. The van der Waals surface area contributed by atoms with Crippen molar-refractivity contribution in [2.75, 3.05) is 7.05 Å². The zero-order valence-electron chi connectivity index (χ0n) is 10.7. The van der Waals surface area contributed by atoms with E-state index in [0.717, 1.165) is 16.6 Å². The number of fused-ring (bicyclic) bond motifs is 1. The summed E-state index contributed by atoms with van der Waals surface area (Å²) >= 11 is 14.1. The largest absolute Gasteiger partial charge is 0.309 e. The van der Waals surface area contributed by atoms with Crippen LogP contribution in [-0.2, 0) is 0 Å². The molecule has 0 spiro atoms. The standard InChI is InChI=1S/C15H12Cl2N2S/c1-18-15(11-7-10(16)2-3-12(11)17)9-6-14-13(19-8-9)4-5-20-14/h2-8,15,18H,1H3. The summed E-state index contributed by atoms with van der Waals surface area (Å²) in [7, 11) is 1.90. The Morgan fingerprint density at radius 3 is 2.85 bits per heavy atom. The number of hydrogen-bond donors (Lipinski definition) is 1. The first-order valence-corrected chi connectivity index (χ1v) is 7.78. The minimum absolute atomic E-state index is 0.0276. The van der Waals surface area contributed by atoms with Gasteiger partial charge in [0.2, 0.25) is 0 Å². The fourth-order valence-corrected chi connectivity index (χ4v) is 3.45. The Hall–Kier alpha value is -1.13. The second kappa shape index (κ2) is 5.70. The van der Waals surface area contributed by atoms with Crippen molar-refractivity contribution in [2.45, 2.75) is 6.04 Å². The number of rotatable bonds is 3. The monoisotopic (exact) mass is 322 g/mol. The van der Waals surface area contributed by atoms with E-state index in [1.165, 1.54) is 4.70 Å². The van der Waals surface area contributed by atoms with Crippen LogP contribution >= 0.6 is 34.5 Å². The van der Waals surface area contributed by atoms with Crippen LogP contribution in [-0.4, -0.2) is 12.0 Å². The minimum atomic E-state index is -0.0276. The van der Waals surface area contributed by atoms with Gasteiger partial charge < -0.3 is 5.32 Å². The number of aromatic nitrogens is 1. The maximum absolute atomic E-state index is 6.30. The summed E-state index contributed by atoms with van der Waals surface area (Å²) in [6.07, 6.45) is 1.88. The van der Waals surface area contributed by atoms with E-state index in [1.807, 2.05) is 36.8 Å². The van der Waals surface area contributed by atoms with Gasteiger partial charge in [0.15, 0.2) is 0 Å². The fraction of sp³-hybridized carbons (Fsp3) is 0.133. The van der Waals surface area contributed by atoms with Crippen LogP contribution < -0.4 is 5.32 Å². The van der Waals surface area contributed by atoms with Gasteiger partial charge in [-0.2, -0.15) is 0 Å².